The molecule has 0 unspecified atom stereocenters. The van der Waals surface area contributed by atoms with E-state index in [9.17, 15) is 18.0 Å². The molecule has 0 bridgehead atoms. The van der Waals surface area contributed by atoms with Gasteiger partial charge in [-0.3, -0.25) is 4.79 Å². The molecular formula is C16H20F3NO3. The number of halogens is 3. The highest BCUT2D eigenvalue weighted by atomic mass is 19.4. The fraction of sp³-hybridized carbons (Fsp3) is 0.562. The zero-order valence-electron chi connectivity index (χ0n) is 13.3. The zero-order chi connectivity index (χ0) is 17.3. The molecule has 23 heavy (non-hydrogen) atoms. The van der Waals surface area contributed by atoms with Gasteiger partial charge in [0.2, 0.25) is 5.91 Å². The molecule has 1 amide bonds. The van der Waals surface area contributed by atoms with Crippen molar-refractivity contribution in [2.24, 2.45) is 0 Å². The van der Waals surface area contributed by atoms with E-state index in [2.05, 4.69) is 5.32 Å². The summed E-state index contributed by atoms with van der Waals surface area (Å²) in [5, 5.41) is 2.13. The average Bonchev–Trinajstić information content (AvgIpc) is 2.52. The number of benzene rings is 1. The molecule has 1 aromatic carbocycles. The summed E-state index contributed by atoms with van der Waals surface area (Å²) < 4.78 is 50.1. The molecule has 4 nitrogen and oxygen atoms in total. The van der Waals surface area contributed by atoms with Gasteiger partial charge in [0.15, 0.2) is 11.5 Å². The van der Waals surface area contributed by atoms with E-state index in [0.717, 1.165) is 6.92 Å². The van der Waals surface area contributed by atoms with Gasteiger partial charge in [-0.05, 0) is 38.0 Å². The Labute approximate surface area is 133 Å². The Balaban J connectivity index is 2.16. The van der Waals surface area contributed by atoms with Crippen molar-refractivity contribution in [2.75, 3.05) is 13.2 Å². The summed E-state index contributed by atoms with van der Waals surface area (Å²) in [4.78, 5) is 12.2. The Morgan fingerprint density at radius 1 is 1.26 bits per heavy atom. The van der Waals surface area contributed by atoms with E-state index >= 15 is 0 Å². The van der Waals surface area contributed by atoms with Crippen LogP contribution >= 0.6 is 0 Å². The topological polar surface area (TPSA) is 47.6 Å². The summed E-state index contributed by atoms with van der Waals surface area (Å²) in [5.41, 5.74) is -1.67. The van der Waals surface area contributed by atoms with Crippen molar-refractivity contribution in [1.29, 1.82) is 0 Å². The molecule has 1 heterocycles. The number of fused-ring (bicyclic) bond motifs is 1. The number of ether oxygens (including phenoxy) is 2. The monoisotopic (exact) mass is 331 g/mol. The highest BCUT2D eigenvalue weighted by molar-refractivity contribution is 5.84. The first-order valence-electron chi connectivity index (χ1n) is 7.46. The van der Waals surface area contributed by atoms with Crippen molar-refractivity contribution in [3.8, 4) is 11.5 Å². The van der Waals surface area contributed by atoms with Gasteiger partial charge in [0, 0.05) is 0 Å². The van der Waals surface area contributed by atoms with Gasteiger partial charge in [-0.25, -0.2) is 0 Å². The quantitative estimate of drug-likeness (QED) is 0.920. The van der Waals surface area contributed by atoms with Gasteiger partial charge >= 0.3 is 6.18 Å². The molecule has 2 atom stereocenters. The van der Waals surface area contributed by atoms with Gasteiger partial charge in [0.1, 0.15) is 18.8 Å². The van der Waals surface area contributed by atoms with Crippen LogP contribution in [0.15, 0.2) is 18.2 Å². The van der Waals surface area contributed by atoms with Gasteiger partial charge in [0.05, 0.1) is 5.92 Å². The second-order valence-corrected chi connectivity index (χ2v) is 5.80. The average molecular weight is 331 g/mol. The molecule has 1 N–H and O–H groups in total. The largest absolute Gasteiger partial charge is 0.486 e. The summed E-state index contributed by atoms with van der Waals surface area (Å²) in [6.45, 7) is 4.79. The van der Waals surface area contributed by atoms with Crippen LogP contribution in [0, 0.1) is 0 Å². The summed E-state index contributed by atoms with van der Waals surface area (Å²) >= 11 is 0. The van der Waals surface area contributed by atoms with Crippen LogP contribution in [0.3, 0.4) is 0 Å². The van der Waals surface area contributed by atoms with E-state index < -0.39 is 23.5 Å². The second kappa shape index (κ2) is 6.29. The van der Waals surface area contributed by atoms with Crippen LogP contribution in [-0.4, -0.2) is 30.8 Å². The maximum absolute atomic E-state index is 13.1. The summed E-state index contributed by atoms with van der Waals surface area (Å²) in [5.74, 6) is -0.342. The first kappa shape index (κ1) is 17.4. The molecule has 0 aliphatic carbocycles. The number of alkyl halides is 3. The minimum absolute atomic E-state index is 0.240. The number of hydrogen-bond acceptors (Lipinski definition) is 3. The number of hydrogen-bond donors (Lipinski definition) is 1. The number of amides is 1. The lowest BCUT2D eigenvalue weighted by atomic mass is 9.94. The fourth-order valence-corrected chi connectivity index (χ4v) is 2.22. The SMILES string of the molecule is CC[C@@](C)(NC(=O)[C@H](C)c1ccc2c(c1)OCCO2)C(F)(F)F. The van der Waals surface area contributed by atoms with Crippen molar-refractivity contribution in [3.05, 3.63) is 23.8 Å². The Morgan fingerprint density at radius 2 is 1.87 bits per heavy atom. The smallest absolute Gasteiger partial charge is 0.411 e. The van der Waals surface area contributed by atoms with Crippen molar-refractivity contribution < 1.29 is 27.4 Å². The first-order valence-corrected chi connectivity index (χ1v) is 7.46. The molecule has 2 rings (SSSR count). The van der Waals surface area contributed by atoms with Crippen LogP contribution in [0.2, 0.25) is 0 Å². The van der Waals surface area contributed by atoms with Crippen LogP contribution < -0.4 is 14.8 Å². The number of carbonyl (C=O) groups is 1. The predicted molar refractivity (Wildman–Crippen MR) is 78.7 cm³/mol. The lowest BCUT2D eigenvalue weighted by Crippen LogP contribution is -2.56. The Morgan fingerprint density at radius 3 is 2.43 bits per heavy atom. The third kappa shape index (κ3) is 3.54. The molecule has 0 radical (unpaired) electrons. The van der Waals surface area contributed by atoms with Crippen LogP contribution in [0.25, 0.3) is 0 Å². The van der Waals surface area contributed by atoms with Crippen molar-refractivity contribution in [2.45, 2.75) is 44.8 Å². The van der Waals surface area contributed by atoms with E-state index in [1.54, 1.807) is 25.1 Å². The van der Waals surface area contributed by atoms with Crippen molar-refractivity contribution in [1.82, 2.24) is 5.32 Å². The summed E-state index contributed by atoms with van der Waals surface area (Å²) in [7, 11) is 0. The Kier molecular flexibility index (Phi) is 4.77. The molecule has 0 aromatic heterocycles. The van der Waals surface area contributed by atoms with Crippen molar-refractivity contribution >= 4 is 5.91 Å². The predicted octanol–water partition coefficient (Wildman–Crippen LogP) is 3.41. The molecule has 0 fully saturated rings. The van der Waals surface area contributed by atoms with Gasteiger partial charge < -0.3 is 14.8 Å². The minimum Gasteiger partial charge on any atom is -0.486 e. The highest BCUT2D eigenvalue weighted by Crippen LogP contribution is 2.35. The third-order valence-electron chi connectivity index (χ3n) is 4.19. The molecular weight excluding hydrogens is 311 g/mol. The maximum Gasteiger partial charge on any atom is 0.411 e. The van der Waals surface area contributed by atoms with Crippen LogP contribution in [0.1, 0.15) is 38.7 Å². The van der Waals surface area contributed by atoms with E-state index in [1.165, 1.54) is 6.92 Å². The Hall–Kier alpha value is -1.92. The van der Waals surface area contributed by atoms with Crippen LogP contribution in [0.4, 0.5) is 13.2 Å². The zero-order valence-corrected chi connectivity index (χ0v) is 13.3. The maximum atomic E-state index is 13.1. The lowest BCUT2D eigenvalue weighted by Gasteiger charge is -2.33. The number of rotatable bonds is 4. The molecule has 1 aliphatic heterocycles. The van der Waals surface area contributed by atoms with E-state index in [1.807, 2.05) is 0 Å². The van der Waals surface area contributed by atoms with Crippen LogP contribution in [-0.2, 0) is 4.79 Å². The van der Waals surface area contributed by atoms with E-state index in [-0.39, 0.29) is 6.42 Å². The Bertz CT molecular complexity index is 588. The van der Waals surface area contributed by atoms with Crippen molar-refractivity contribution in [3.63, 3.8) is 0 Å². The summed E-state index contributed by atoms with van der Waals surface area (Å²) in [6, 6.07) is 4.96. The minimum atomic E-state index is -4.51. The normalized spacial score (nSPS) is 18.0. The summed E-state index contributed by atoms with van der Waals surface area (Å²) in [6.07, 6.45) is -4.75. The molecule has 0 saturated carbocycles. The van der Waals surface area contributed by atoms with Gasteiger partial charge in [-0.2, -0.15) is 13.2 Å². The van der Waals surface area contributed by atoms with Crippen LogP contribution in [0.5, 0.6) is 11.5 Å². The van der Waals surface area contributed by atoms with E-state index in [0.29, 0.717) is 30.3 Å². The van der Waals surface area contributed by atoms with E-state index in [4.69, 9.17) is 9.47 Å². The van der Waals surface area contributed by atoms with Gasteiger partial charge in [-0.15, -0.1) is 0 Å². The molecule has 7 heteroatoms. The lowest BCUT2D eigenvalue weighted by molar-refractivity contribution is -0.194. The molecule has 0 spiro atoms. The number of carbonyl (C=O) groups excluding carboxylic acids is 1. The standard InChI is InChI=1S/C16H20F3NO3/c1-4-15(3,16(17,18)19)20-14(21)10(2)11-5-6-12-13(9-11)23-8-7-22-12/h5-6,9-10H,4,7-8H2,1-3H3,(H,20,21)/t10-,15-/m1/s1. The number of nitrogens with one attached hydrogen (secondary N) is 1. The molecule has 128 valence electrons. The second-order valence-electron chi connectivity index (χ2n) is 5.80. The highest BCUT2D eigenvalue weighted by Gasteiger charge is 2.51. The van der Waals surface area contributed by atoms with Gasteiger partial charge in [-0.1, -0.05) is 13.0 Å². The first-order chi connectivity index (χ1) is 10.7. The molecule has 1 aliphatic rings. The fourth-order valence-electron chi connectivity index (χ4n) is 2.22. The molecule has 0 saturated heterocycles. The third-order valence-corrected chi connectivity index (χ3v) is 4.19. The molecule has 1 aromatic rings. The van der Waals surface area contributed by atoms with Gasteiger partial charge in [0.25, 0.3) is 0 Å².